The molecule has 1 aromatic carbocycles. The highest BCUT2D eigenvalue weighted by atomic mass is 32.2. The minimum atomic E-state index is -4.59. The molecule has 0 aliphatic carbocycles. The van der Waals surface area contributed by atoms with Crippen molar-refractivity contribution in [2.24, 2.45) is 0 Å². The van der Waals surface area contributed by atoms with Crippen LogP contribution in [0.4, 0.5) is 0 Å². The molecule has 0 aromatic heterocycles. The van der Waals surface area contributed by atoms with Gasteiger partial charge in [0.2, 0.25) is 0 Å². The zero-order valence-electron chi connectivity index (χ0n) is 14.4. The average Bonchev–Trinajstić information content (AvgIpc) is 2.60. The van der Waals surface area contributed by atoms with E-state index in [9.17, 15) is 13.0 Å². The zero-order chi connectivity index (χ0) is 18.7. The molecule has 0 saturated heterocycles. The molecular formula is C16H23O9S-. The highest BCUT2D eigenvalue weighted by Crippen LogP contribution is 2.30. The van der Waals surface area contributed by atoms with Crippen LogP contribution >= 0.6 is 0 Å². The first kappa shape index (κ1) is 20.9. The van der Waals surface area contributed by atoms with E-state index in [1.807, 2.05) is 0 Å². The van der Waals surface area contributed by atoms with E-state index in [-0.39, 0.29) is 30.5 Å². The van der Waals surface area contributed by atoms with Crippen molar-refractivity contribution in [3.63, 3.8) is 0 Å². The summed E-state index contributed by atoms with van der Waals surface area (Å²) in [7, 11) is -4.59. The Bertz CT molecular complexity index is 633. The maximum absolute atomic E-state index is 11.2. The van der Waals surface area contributed by atoms with Gasteiger partial charge in [0.05, 0.1) is 57.8 Å². The third-order valence-corrected chi connectivity index (χ3v) is 4.12. The normalized spacial score (nSPS) is 19.3. The van der Waals surface area contributed by atoms with Crippen molar-refractivity contribution >= 4 is 10.1 Å². The Morgan fingerprint density at radius 3 is 1.54 bits per heavy atom. The van der Waals surface area contributed by atoms with E-state index in [2.05, 4.69) is 0 Å². The highest BCUT2D eigenvalue weighted by molar-refractivity contribution is 7.85. The van der Waals surface area contributed by atoms with Crippen LogP contribution in [-0.2, 0) is 29.1 Å². The molecule has 10 heteroatoms. The van der Waals surface area contributed by atoms with Gasteiger partial charge < -0.3 is 33.0 Å². The topological polar surface area (TPSA) is 113 Å². The quantitative estimate of drug-likeness (QED) is 0.629. The van der Waals surface area contributed by atoms with E-state index in [0.29, 0.717) is 52.0 Å². The summed E-state index contributed by atoms with van der Waals surface area (Å²) in [6.45, 7) is 3.65. The minimum Gasteiger partial charge on any atom is -0.744 e. The third-order valence-electron chi connectivity index (χ3n) is 3.29. The molecule has 0 N–H and O–H groups in total. The molecule has 1 aliphatic rings. The molecule has 0 radical (unpaired) electrons. The van der Waals surface area contributed by atoms with Crippen LogP contribution in [0, 0.1) is 0 Å². The number of hydrogen-bond acceptors (Lipinski definition) is 9. The molecule has 1 aliphatic heterocycles. The van der Waals surface area contributed by atoms with Crippen LogP contribution in [0.3, 0.4) is 0 Å². The number of hydrogen-bond donors (Lipinski definition) is 0. The summed E-state index contributed by atoms with van der Waals surface area (Å²) < 4.78 is 66.0. The van der Waals surface area contributed by atoms with Gasteiger partial charge >= 0.3 is 0 Å². The standard InChI is InChI=1S/C16H24O9S/c17-26(18,19)14-1-2-15-16(13-14)25-12-10-23-8-6-21-4-3-20-5-7-22-9-11-24-15/h1-2,13H,3-12H2,(H,17,18,19)/p-1. The van der Waals surface area contributed by atoms with Crippen LogP contribution in [0.15, 0.2) is 23.1 Å². The number of rotatable bonds is 1. The lowest BCUT2D eigenvalue weighted by molar-refractivity contribution is -0.00843. The number of ether oxygens (including phenoxy) is 6. The van der Waals surface area contributed by atoms with Crippen molar-refractivity contribution in [3.05, 3.63) is 18.2 Å². The van der Waals surface area contributed by atoms with Crippen LogP contribution in [0.25, 0.3) is 0 Å². The second-order valence-corrected chi connectivity index (χ2v) is 6.59. The molecule has 9 nitrogen and oxygen atoms in total. The fraction of sp³-hybridized carbons (Fsp3) is 0.625. The van der Waals surface area contributed by atoms with Crippen molar-refractivity contribution in [2.75, 3.05) is 66.1 Å². The van der Waals surface area contributed by atoms with Crippen molar-refractivity contribution in [2.45, 2.75) is 4.90 Å². The molecule has 1 heterocycles. The Morgan fingerprint density at radius 2 is 1.08 bits per heavy atom. The van der Waals surface area contributed by atoms with E-state index < -0.39 is 10.1 Å². The van der Waals surface area contributed by atoms with Gasteiger partial charge in [-0.25, -0.2) is 8.42 Å². The number of benzene rings is 1. The Kier molecular flexibility index (Phi) is 9.09. The predicted octanol–water partition coefficient (Wildman–Crippen LogP) is 0.428. The largest absolute Gasteiger partial charge is 0.744 e. The lowest BCUT2D eigenvalue weighted by atomic mass is 10.3. The molecule has 0 fully saturated rings. The van der Waals surface area contributed by atoms with Gasteiger partial charge in [-0.05, 0) is 12.1 Å². The predicted molar refractivity (Wildman–Crippen MR) is 88.7 cm³/mol. The Morgan fingerprint density at radius 1 is 0.654 bits per heavy atom. The van der Waals surface area contributed by atoms with Crippen LogP contribution in [0.2, 0.25) is 0 Å². The Hall–Kier alpha value is -1.43. The second-order valence-electron chi connectivity index (χ2n) is 5.21. The van der Waals surface area contributed by atoms with Gasteiger partial charge in [0.15, 0.2) is 11.5 Å². The highest BCUT2D eigenvalue weighted by Gasteiger charge is 2.11. The van der Waals surface area contributed by atoms with Gasteiger partial charge in [-0.3, -0.25) is 0 Å². The van der Waals surface area contributed by atoms with E-state index in [0.717, 1.165) is 6.07 Å². The molecule has 2 rings (SSSR count). The Balaban J connectivity index is 1.99. The van der Waals surface area contributed by atoms with Crippen LogP contribution in [0.1, 0.15) is 0 Å². The van der Waals surface area contributed by atoms with Gasteiger partial charge in [0, 0.05) is 6.07 Å². The van der Waals surface area contributed by atoms with Crippen molar-refractivity contribution in [3.8, 4) is 11.5 Å². The first-order chi connectivity index (χ1) is 12.6. The first-order valence-corrected chi connectivity index (χ1v) is 9.65. The summed E-state index contributed by atoms with van der Waals surface area (Å²) in [6.07, 6.45) is 0. The van der Waals surface area contributed by atoms with Gasteiger partial charge in [0.1, 0.15) is 23.3 Å². The van der Waals surface area contributed by atoms with E-state index in [1.165, 1.54) is 12.1 Å². The summed E-state index contributed by atoms with van der Waals surface area (Å²) in [5.41, 5.74) is 0. The summed E-state index contributed by atoms with van der Waals surface area (Å²) in [5.74, 6) is 0.480. The molecule has 0 atom stereocenters. The summed E-state index contributed by atoms with van der Waals surface area (Å²) in [5, 5.41) is 0. The summed E-state index contributed by atoms with van der Waals surface area (Å²) >= 11 is 0. The van der Waals surface area contributed by atoms with Crippen LogP contribution < -0.4 is 9.47 Å². The summed E-state index contributed by atoms with van der Waals surface area (Å²) in [6, 6.07) is 3.71. The van der Waals surface area contributed by atoms with Crippen molar-refractivity contribution < 1.29 is 41.4 Å². The molecule has 0 amide bonds. The summed E-state index contributed by atoms with van der Waals surface area (Å²) in [4.78, 5) is -0.385. The zero-order valence-corrected chi connectivity index (χ0v) is 15.2. The minimum absolute atomic E-state index is 0.159. The van der Waals surface area contributed by atoms with Crippen molar-refractivity contribution in [1.82, 2.24) is 0 Å². The second kappa shape index (κ2) is 11.3. The maximum Gasteiger partial charge on any atom is 0.162 e. The smallest absolute Gasteiger partial charge is 0.162 e. The average molecular weight is 391 g/mol. The molecule has 148 valence electrons. The Labute approximate surface area is 152 Å². The van der Waals surface area contributed by atoms with Crippen molar-refractivity contribution in [1.29, 1.82) is 0 Å². The van der Waals surface area contributed by atoms with Gasteiger partial charge in [-0.15, -0.1) is 0 Å². The SMILES string of the molecule is O=S(=O)([O-])c1ccc2c(c1)OCCOCCOCCOCCOCCO2. The van der Waals surface area contributed by atoms with E-state index in [1.54, 1.807) is 0 Å². The third kappa shape index (κ3) is 7.85. The van der Waals surface area contributed by atoms with Gasteiger partial charge in [-0.2, -0.15) is 0 Å². The van der Waals surface area contributed by atoms with Crippen LogP contribution in [0.5, 0.6) is 11.5 Å². The fourth-order valence-electron chi connectivity index (χ4n) is 2.06. The number of fused-ring (bicyclic) bond motifs is 1. The van der Waals surface area contributed by atoms with E-state index in [4.69, 9.17) is 28.4 Å². The first-order valence-electron chi connectivity index (χ1n) is 8.24. The molecule has 26 heavy (non-hydrogen) atoms. The molecular weight excluding hydrogens is 368 g/mol. The van der Waals surface area contributed by atoms with Gasteiger partial charge in [0.25, 0.3) is 0 Å². The van der Waals surface area contributed by atoms with Gasteiger partial charge in [-0.1, -0.05) is 0 Å². The molecule has 0 saturated carbocycles. The monoisotopic (exact) mass is 391 g/mol. The van der Waals surface area contributed by atoms with E-state index >= 15 is 0 Å². The molecule has 1 aromatic rings. The fourth-order valence-corrected chi connectivity index (χ4v) is 2.54. The molecule has 0 bridgehead atoms. The molecule has 0 unspecified atom stereocenters. The van der Waals surface area contributed by atoms with Crippen LogP contribution in [-0.4, -0.2) is 79.0 Å². The lowest BCUT2D eigenvalue weighted by Gasteiger charge is -2.16. The maximum atomic E-state index is 11.2. The lowest BCUT2D eigenvalue weighted by Crippen LogP contribution is -2.16. The molecule has 0 spiro atoms.